The quantitative estimate of drug-likeness (QED) is 0.584. The summed E-state index contributed by atoms with van der Waals surface area (Å²) in [7, 11) is 0. The van der Waals surface area contributed by atoms with Gasteiger partial charge in [0.05, 0.1) is 5.92 Å². The Labute approximate surface area is 151 Å². The Morgan fingerprint density at radius 1 is 1.27 bits per heavy atom. The van der Waals surface area contributed by atoms with Gasteiger partial charge in [0.25, 0.3) is 0 Å². The third-order valence-corrected chi connectivity index (χ3v) is 3.55. The molecule has 0 aliphatic carbocycles. The van der Waals surface area contributed by atoms with E-state index in [9.17, 15) is 23.5 Å². The van der Waals surface area contributed by atoms with Crippen molar-refractivity contribution >= 4 is 12.1 Å². The van der Waals surface area contributed by atoms with E-state index in [1.807, 2.05) is 0 Å². The first kappa shape index (κ1) is 21.7. The van der Waals surface area contributed by atoms with Crippen molar-refractivity contribution in [1.82, 2.24) is 5.32 Å². The lowest BCUT2D eigenvalue weighted by molar-refractivity contribution is -0.172. The molecule has 1 aromatic carbocycles. The van der Waals surface area contributed by atoms with Gasteiger partial charge in [0, 0.05) is 12.1 Å². The van der Waals surface area contributed by atoms with Crippen LogP contribution in [-0.4, -0.2) is 34.7 Å². The number of hydrogen-bond donors (Lipinski definition) is 2. The van der Waals surface area contributed by atoms with Gasteiger partial charge >= 0.3 is 18.0 Å². The first-order valence-electron chi connectivity index (χ1n) is 8.25. The van der Waals surface area contributed by atoms with Gasteiger partial charge < -0.3 is 19.9 Å². The second-order valence-electron chi connectivity index (χ2n) is 6.96. The minimum Gasteiger partial charge on any atom is -0.508 e. The van der Waals surface area contributed by atoms with Crippen LogP contribution in [0.5, 0.6) is 11.5 Å². The summed E-state index contributed by atoms with van der Waals surface area (Å²) < 4.78 is 38.9. The largest absolute Gasteiger partial charge is 0.508 e. The lowest BCUT2D eigenvalue weighted by Gasteiger charge is -2.30. The average molecular weight is 373 g/mol. The van der Waals surface area contributed by atoms with E-state index in [1.165, 1.54) is 32.0 Å². The maximum atomic E-state index is 14.6. The van der Waals surface area contributed by atoms with Crippen molar-refractivity contribution in [2.75, 3.05) is 0 Å². The predicted octanol–water partition coefficient (Wildman–Crippen LogP) is 3.87. The first-order valence-corrected chi connectivity index (χ1v) is 8.25. The zero-order valence-electron chi connectivity index (χ0n) is 15.5. The minimum absolute atomic E-state index is 0.0842. The van der Waals surface area contributed by atoms with Crippen LogP contribution in [0, 0.1) is 5.92 Å². The number of alkyl halides is 2. The molecule has 2 unspecified atom stereocenters. The fourth-order valence-electron chi connectivity index (χ4n) is 2.39. The van der Waals surface area contributed by atoms with Gasteiger partial charge in [-0.3, -0.25) is 0 Å². The maximum absolute atomic E-state index is 14.6. The van der Waals surface area contributed by atoms with Crippen molar-refractivity contribution in [3.8, 4) is 11.5 Å². The van der Waals surface area contributed by atoms with Gasteiger partial charge in [0.1, 0.15) is 17.1 Å². The second kappa shape index (κ2) is 8.33. The molecule has 6 nitrogen and oxygen atoms in total. The number of carbonyl (C=O) groups excluding carboxylic acids is 2. The summed E-state index contributed by atoms with van der Waals surface area (Å²) in [6, 6.07) is 3.97. The number of ether oxygens (including phenoxy) is 2. The van der Waals surface area contributed by atoms with Gasteiger partial charge in [0.15, 0.2) is 0 Å². The molecule has 0 saturated carbocycles. The van der Waals surface area contributed by atoms with Crippen LogP contribution in [-0.2, 0) is 9.53 Å². The summed E-state index contributed by atoms with van der Waals surface area (Å²) in [4.78, 5) is 23.8. The van der Waals surface area contributed by atoms with E-state index in [-0.39, 0.29) is 17.9 Å². The molecule has 146 valence electrons. The van der Waals surface area contributed by atoms with Crippen molar-refractivity contribution in [3.05, 3.63) is 24.3 Å². The van der Waals surface area contributed by atoms with Gasteiger partial charge in [-0.05, 0) is 46.2 Å². The van der Waals surface area contributed by atoms with E-state index in [0.29, 0.717) is 0 Å². The molecule has 0 saturated heterocycles. The van der Waals surface area contributed by atoms with Gasteiger partial charge in [-0.25, -0.2) is 9.59 Å². The number of aromatic hydroxyl groups is 1. The van der Waals surface area contributed by atoms with E-state index in [2.05, 4.69) is 10.1 Å². The van der Waals surface area contributed by atoms with E-state index in [0.717, 1.165) is 6.07 Å². The third kappa shape index (κ3) is 6.16. The molecule has 1 aromatic rings. The molecule has 0 bridgehead atoms. The number of phenols is 1. The number of nitrogens with one attached hydrogen (secondary N) is 1. The molecule has 8 heteroatoms. The molecular weight excluding hydrogens is 348 g/mol. The Hall–Kier alpha value is -2.38. The Morgan fingerprint density at radius 3 is 2.38 bits per heavy atom. The molecule has 0 spiro atoms. The number of esters is 1. The normalized spacial score (nSPS) is 14.3. The van der Waals surface area contributed by atoms with E-state index < -0.39 is 35.5 Å². The number of hydrogen-bond acceptors (Lipinski definition) is 5. The summed E-state index contributed by atoms with van der Waals surface area (Å²) in [5, 5.41) is 11.7. The standard InChI is InChI=1S/C18H25F2NO5/c1-6-14(11(2)21-16(24)26-17(3,4)5)18(19,20)15(23)25-13-9-7-8-12(22)10-13/h7-11,14,22H,6H2,1-5H3,(H,21,24). The van der Waals surface area contributed by atoms with Gasteiger partial charge in [-0.2, -0.15) is 8.78 Å². The lowest BCUT2D eigenvalue weighted by Crippen LogP contribution is -2.51. The molecule has 0 fully saturated rings. The Kier molecular flexibility index (Phi) is 6.94. The van der Waals surface area contributed by atoms with Crippen LogP contribution in [0.3, 0.4) is 0 Å². The van der Waals surface area contributed by atoms with Crippen molar-refractivity contribution in [2.24, 2.45) is 5.92 Å². The molecule has 0 aliphatic heterocycles. The highest BCUT2D eigenvalue weighted by atomic mass is 19.3. The zero-order chi connectivity index (χ0) is 20.1. The van der Waals surface area contributed by atoms with Crippen LogP contribution in [0.4, 0.5) is 13.6 Å². The Balaban J connectivity index is 2.84. The number of amides is 1. The van der Waals surface area contributed by atoms with Crippen LogP contribution in [0.2, 0.25) is 0 Å². The number of phenolic OH excluding ortho intramolecular Hbond substituents is 1. The highest BCUT2D eigenvalue weighted by molar-refractivity contribution is 5.80. The van der Waals surface area contributed by atoms with Crippen molar-refractivity contribution in [1.29, 1.82) is 0 Å². The van der Waals surface area contributed by atoms with Crippen molar-refractivity contribution in [2.45, 2.75) is 58.6 Å². The Morgan fingerprint density at radius 2 is 1.88 bits per heavy atom. The van der Waals surface area contributed by atoms with Gasteiger partial charge in [0.2, 0.25) is 0 Å². The van der Waals surface area contributed by atoms with Crippen LogP contribution in [0.1, 0.15) is 41.0 Å². The van der Waals surface area contributed by atoms with E-state index in [1.54, 1.807) is 20.8 Å². The summed E-state index contributed by atoms with van der Waals surface area (Å²) in [6.07, 6.45) is -0.931. The fraction of sp³-hybridized carbons (Fsp3) is 0.556. The second-order valence-corrected chi connectivity index (χ2v) is 6.96. The van der Waals surface area contributed by atoms with Crippen LogP contribution in [0.25, 0.3) is 0 Å². The maximum Gasteiger partial charge on any atom is 0.407 e. The average Bonchev–Trinajstić information content (AvgIpc) is 2.45. The van der Waals surface area contributed by atoms with Crippen LogP contribution < -0.4 is 10.1 Å². The number of alkyl carbamates (subject to hydrolysis) is 1. The molecule has 1 amide bonds. The van der Waals surface area contributed by atoms with Crippen LogP contribution in [0.15, 0.2) is 24.3 Å². The van der Waals surface area contributed by atoms with Gasteiger partial charge in [-0.1, -0.05) is 13.0 Å². The predicted molar refractivity (Wildman–Crippen MR) is 91.3 cm³/mol. The molecule has 0 radical (unpaired) electrons. The highest BCUT2D eigenvalue weighted by Gasteiger charge is 2.50. The van der Waals surface area contributed by atoms with E-state index >= 15 is 0 Å². The molecule has 1 rings (SSSR count). The molecule has 2 N–H and O–H groups in total. The van der Waals surface area contributed by atoms with Gasteiger partial charge in [-0.15, -0.1) is 0 Å². The number of carbonyl (C=O) groups is 2. The zero-order valence-corrected chi connectivity index (χ0v) is 15.5. The summed E-state index contributed by atoms with van der Waals surface area (Å²) in [5.74, 6) is -7.52. The fourth-order valence-corrected chi connectivity index (χ4v) is 2.39. The molecule has 0 heterocycles. The summed E-state index contributed by atoms with van der Waals surface area (Å²) in [5.41, 5.74) is -0.776. The Bertz CT molecular complexity index is 643. The number of benzene rings is 1. The van der Waals surface area contributed by atoms with Crippen LogP contribution >= 0.6 is 0 Å². The summed E-state index contributed by atoms with van der Waals surface area (Å²) in [6.45, 7) is 7.79. The SMILES string of the molecule is CCC(C(C)NC(=O)OC(C)(C)C)C(F)(F)C(=O)Oc1cccc(O)c1. The molecule has 26 heavy (non-hydrogen) atoms. The minimum atomic E-state index is -3.85. The monoisotopic (exact) mass is 373 g/mol. The third-order valence-electron chi connectivity index (χ3n) is 3.55. The molecule has 0 aliphatic rings. The van der Waals surface area contributed by atoms with Crippen molar-refractivity contribution < 1.29 is 33.0 Å². The molecule has 2 atom stereocenters. The topological polar surface area (TPSA) is 84.9 Å². The summed E-state index contributed by atoms with van der Waals surface area (Å²) >= 11 is 0. The molecule has 0 aromatic heterocycles. The smallest absolute Gasteiger partial charge is 0.407 e. The van der Waals surface area contributed by atoms with Crippen molar-refractivity contribution in [3.63, 3.8) is 0 Å². The first-order chi connectivity index (χ1) is 11.9. The molecular formula is C18H25F2NO5. The number of halogens is 2. The lowest BCUT2D eigenvalue weighted by atomic mass is 9.91. The van der Waals surface area contributed by atoms with E-state index in [4.69, 9.17) is 4.74 Å². The number of rotatable bonds is 6. The highest BCUT2D eigenvalue weighted by Crippen LogP contribution is 2.32.